The first-order valence-corrected chi connectivity index (χ1v) is 20.3. The van der Waals surface area contributed by atoms with E-state index in [-0.39, 0.29) is 77.4 Å². The Morgan fingerprint density at radius 3 is 2.05 bits per heavy atom. The number of hydrogen-bond acceptors (Lipinski definition) is 14. The van der Waals surface area contributed by atoms with Crippen LogP contribution in [-0.2, 0) is 51.3 Å². The topological polar surface area (TPSA) is 291 Å². The van der Waals surface area contributed by atoms with E-state index >= 15 is 0 Å². The van der Waals surface area contributed by atoms with Gasteiger partial charge in [0.1, 0.15) is 17.2 Å². The molecule has 7 rings (SSSR count). The molecule has 7 amide bonds. The van der Waals surface area contributed by atoms with Crippen molar-refractivity contribution in [1.29, 1.82) is 0 Å². The van der Waals surface area contributed by atoms with Gasteiger partial charge in [0.15, 0.2) is 0 Å². The fourth-order valence-corrected chi connectivity index (χ4v) is 8.49. The summed E-state index contributed by atoms with van der Waals surface area (Å²) in [7, 11) is 2.45. The van der Waals surface area contributed by atoms with Crippen LogP contribution in [0.4, 0.5) is 0 Å². The zero-order valence-electron chi connectivity index (χ0n) is 35.2. The van der Waals surface area contributed by atoms with Crippen LogP contribution >= 0.6 is 0 Å². The maximum Gasteiger partial charge on any atom is 0.253 e. The number of phenolic OH excluding ortho intramolecular Hbond substituents is 2. The van der Waals surface area contributed by atoms with Crippen molar-refractivity contribution in [3.8, 4) is 17.2 Å². The van der Waals surface area contributed by atoms with Gasteiger partial charge in [0.2, 0.25) is 35.3 Å². The second-order valence-electron chi connectivity index (χ2n) is 15.6. The van der Waals surface area contributed by atoms with Crippen molar-refractivity contribution in [3.05, 3.63) is 70.3 Å². The molecule has 20 nitrogen and oxygen atoms in total. The summed E-state index contributed by atoms with van der Waals surface area (Å²) < 4.78 is 5.40. The smallest absolute Gasteiger partial charge is 0.253 e. The molecule has 8 N–H and O–H groups in total. The molecule has 2 aliphatic heterocycles. The van der Waals surface area contributed by atoms with Crippen LogP contribution in [0.1, 0.15) is 70.8 Å². The second kappa shape index (κ2) is 20.5. The van der Waals surface area contributed by atoms with Crippen molar-refractivity contribution in [2.24, 2.45) is 11.3 Å². The molecular weight excluding hydrogens is 825 g/mol. The molecule has 20 heteroatoms. The Hall–Kier alpha value is -6.64. The fourth-order valence-electron chi connectivity index (χ4n) is 8.49. The third kappa shape index (κ3) is 10.2. The highest BCUT2D eigenvalue weighted by atomic mass is 17.1. The maximum atomic E-state index is 13.6. The number of amides is 7. The average Bonchev–Trinajstić information content (AvgIpc) is 3.59. The van der Waals surface area contributed by atoms with Gasteiger partial charge < -0.3 is 46.2 Å². The van der Waals surface area contributed by atoms with Crippen LogP contribution in [0.5, 0.6) is 17.2 Å². The largest absolute Gasteiger partial charge is 0.507 e. The molecule has 2 fully saturated rings. The normalized spacial score (nSPS) is 17.6. The molecule has 0 bridgehead atoms. The number of ketones is 1. The number of nitrogens with one attached hydrogen (secondary N) is 4. The Morgan fingerprint density at radius 1 is 0.857 bits per heavy atom. The van der Waals surface area contributed by atoms with Crippen LogP contribution in [0, 0.1) is 11.3 Å². The Kier molecular flexibility index (Phi) is 15.4. The van der Waals surface area contributed by atoms with E-state index in [2.05, 4.69) is 32.7 Å². The number of fused-ring (bicyclic) bond motifs is 3. The van der Waals surface area contributed by atoms with Gasteiger partial charge in [-0.25, -0.2) is 4.89 Å². The Bertz CT molecular complexity index is 2200. The first-order chi connectivity index (χ1) is 30.1. The van der Waals surface area contributed by atoms with Gasteiger partial charge in [0.25, 0.3) is 11.8 Å². The summed E-state index contributed by atoms with van der Waals surface area (Å²) in [4.78, 5) is 105. The van der Waals surface area contributed by atoms with E-state index in [1.807, 2.05) is 0 Å². The van der Waals surface area contributed by atoms with Gasteiger partial charge in [-0.1, -0.05) is 18.7 Å². The number of phenols is 2. The molecule has 338 valence electrons. The Labute approximate surface area is 362 Å². The highest BCUT2D eigenvalue weighted by Crippen LogP contribution is 2.51. The summed E-state index contributed by atoms with van der Waals surface area (Å²) in [5.74, 6) is -4.24. The number of methoxy groups -OCH3 is 1. The van der Waals surface area contributed by atoms with Crippen molar-refractivity contribution >= 4 is 52.7 Å². The lowest BCUT2D eigenvalue weighted by Crippen LogP contribution is -2.68. The molecule has 1 unspecified atom stereocenters. The third-order valence-electron chi connectivity index (χ3n) is 11.6. The number of imide groups is 1. The molecule has 5 aliphatic rings. The SMILES string of the molecule is C=C1c2cccc(OC)c2C(=O)c2c(O)c3c(c(O)c21)CC(C(=O)NC1CC2(C1)CN(C(=O)CNC(=O)CNC(=O)CNC(=O)CCN1C(=O)C=CC1=O)C2)CC3.CCOO.CO. The fraction of sp³-hybridized carbons (Fsp3) is 0.442. The number of aliphatic hydroxyl groups is 1. The van der Waals surface area contributed by atoms with Crippen LogP contribution in [-0.4, -0.2) is 144 Å². The first kappa shape index (κ1) is 47.4. The number of benzene rings is 2. The molecule has 2 aromatic carbocycles. The first-order valence-electron chi connectivity index (χ1n) is 20.3. The zero-order chi connectivity index (χ0) is 46.2. The average molecular weight is 877 g/mol. The third-order valence-corrected chi connectivity index (χ3v) is 11.6. The van der Waals surface area contributed by atoms with Crippen LogP contribution in [0.2, 0.25) is 0 Å². The van der Waals surface area contributed by atoms with Gasteiger partial charge in [0, 0.05) is 79.4 Å². The van der Waals surface area contributed by atoms with Crippen molar-refractivity contribution in [3.63, 3.8) is 0 Å². The van der Waals surface area contributed by atoms with Crippen LogP contribution < -0.4 is 26.0 Å². The van der Waals surface area contributed by atoms with E-state index in [0.717, 1.165) is 24.2 Å². The van der Waals surface area contributed by atoms with Gasteiger partial charge in [0.05, 0.1) is 44.5 Å². The van der Waals surface area contributed by atoms with Gasteiger partial charge >= 0.3 is 0 Å². The number of hydrogen-bond donors (Lipinski definition) is 8. The van der Waals surface area contributed by atoms with Crippen molar-refractivity contribution in [1.82, 2.24) is 31.1 Å². The number of aliphatic hydroxyl groups excluding tert-OH is 1. The number of carbonyl (C=O) groups is 8. The molecule has 1 atom stereocenters. The van der Waals surface area contributed by atoms with Crippen LogP contribution in [0.25, 0.3) is 5.57 Å². The van der Waals surface area contributed by atoms with Gasteiger partial charge in [-0.05, 0) is 56.2 Å². The molecule has 63 heavy (non-hydrogen) atoms. The quantitative estimate of drug-likeness (QED) is 0.0474. The van der Waals surface area contributed by atoms with E-state index < -0.39 is 54.3 Å². The van der Waals surface area contributed by atoms with E-state index in [4.69, 9.17) is 15.1 Å². The molecule has 0 aromatic heterocycles. The van der Waals surface area contributed by atoms with E-state index in [0.29, 0.717) is 73.4 Å². The number of carbonyl (C=O) groups excluding carboxylic acids is 8. The van der Waals surface area contributed by atoms with Crippen LogP contribution in [0.15, 0.2) is 36.9 Å². The van der Waals surface area contributed by atoms with Crippen LogP contribution in [0.3, 0.4) is 0 Å². The lowest BCUT2D eigenvalue weighted by Gasteiger charge is -2.59. The standard InChI is InChI=1S/C40H42N6O11.C2H6O2.CH4O/c1-20-23-4-3-5-26(57-2)34(23)38(55)35-33(20)37(54)25-12-21(6-7-24(25)36(35)53)39(56)44-22-13-40(14-22)18-45(19-40)32(52)17-43-29(49)16-42-28(48)15-41-27(47)10-11-46-30(50)8-9-31(46)51;1-2-4-3;1-2/h3-5,8-9,21-22,53-54H,1,6-7,10-19H2,2H3,(H,41,47)(H,42,48)(H,43,49)(H,44,56);3H,2H2,1H3;2H,1H3. The van der Waals surface area contributed by atoms with E-state index in [1.54, 1.807) is 30.0 Å². The summed E-state index contributed by atoms with van der Waals surface area (Å²) in [5, 5.41) is 47.4. The number of rotatable bonds is 13. The lowest BCUT2D eigenvalue weighted by atomic mass is 9.60. The minimum Gasteiger partial charge on any atom is -0.507 e. The van der Waals surface area contributed by atoms with Crippen molar-refractivity contribution in [2.75, 3.05) is 60.1 Å². The monoisotopic (exact) mass is 876 g/mol. The number of ether oxygens (including phenoxy) is 1. The highest BCUT2D eigenvalue weighted by molar-refractivity contribution is 6.22. The van der Waals surface area contributed by atoms with Gasteiger partial charge in [-0.15, -0.1) is 0 Å². The number of nitrogens with zero attached hydrogens (tertiary/aromatic N) is 2. The summed E-state index contributed by atoms with van der Waals surface area (Å²) in [5.41, 5.74) is 2.05. The predicted molar refractivity (Wildman–Crippen MR) is 222 cm³/mol. The van der Waals surface area contributed by atoms with Crippen molar-refractivity contribution < 1.29 is 68.6 Å². The summed E-state index contributed by atoms with van der Waals surface area (Å²) in [6.07, 6.45) is 4.26. The maximum absolute atomic E-state index is 13.6. The summed E-state index contributed by atoms with van der Waals surface area (Å²) in [6.45, 7) is 5.95. The summed E-state index contributed by atoms with van der Waals surface area (Å²) in [6, 6.07) is 4.99. The molecule has 1 saturated heterocycles. The van der Waals surface area contributed by atoms with E-state index in [9.17, 15) is 48.6 Å². The van der Waals surface area contributed by atoms with Crippen molar-refractivity contribution in [2.45, 2.75) is 51.5 Å². The second-order valence-corrected chi connectivity index (χ2v) is 15.6. The number of aromatic hydroxyl groups is 2. The molecule has 1 saturated carbocycles. The zero-order valence-corrected chi connectivity index (χ0v) is 35.2. The highest BCUT2D eigenvalue weighted by Gasteiger charge is 2.54. The van der Waals surface area contributed by atoms with Gasteiger partial charge in [-0.3, -0.25) is 48.5 Å². The molecule has 2 heterocycles. The molecule has 3 aliphatic carbocycles. The molecule has 0 radical (unpaired) electrons. The molecule has 1 spiro atoms. The Balaban J connectivity index is 0.00000118. The predicted octanol–water partition coefficient (Wildman–Crippen LogP) is -0.307. The van der Waals surface area contributed by atoms with E-state index in [1.165, 1.54) is 7.11 Å². The molecule has 2 aromatic rings. The Morgan fingerprint density at radius 2 is 1.44 bits per heavy atom. The minimum atomic E-state index is -0.641. The molecular formula is C43H52N6O14. The number of likely N-dealkylation sites (tertiary alicyclic amines) is 1. The van der Waals surface area contributed by atoms with Gasteiger partial charge in [-0.2, -0.15) is 0 Å². The minimum absolute atomic E-state index is 0.0138. The lowest BCUT2D eigenvalue weighted by molar-refractivity contribution is -0.237. The summed E-state index contributed by atoms with van der Waals surface area (Å²) >= 11 is 0.